The Bertz CT molecular complexity index is 2520. The van der Waals surface area contributed by atoms with Crippen LogP contribution in [0.2, 0.25) is 0 Å². The molecule has 0 radical (unpaired) electrons. The van der Waals surface area contributed by atoms with E-state index in [-0.39, 0.29) is 42.1 Å². The Morgan fingerprint density at radius 1 is 0.641 bits per heavy atom. The van der Waals surface area contributed by atoms with Gasteiger partial charge in [-0.1, -0.05) is 84.9 Å². The molecule has 14 nitrogen and oxygen atoms in total. The van der Waals surface area contributed by atoms with E-state index in [0.717, 1.165) is 52.6 Å². The van der Waals surface area contributed by atoms with Gasteiger partial charge in [0.15, 0.2) is 11.6 Å². The number of nitrogens with zero attached hydrogens (tertiary/aromatic N) is 4. The Hall–Kier alpha value is -6.38. The number of Topliss-reactive ketones (excluding diaryl/α,β-unsaturated/α-hetero) is 2. The van der Waals surface area contributed by atoms with Gasteiger partial charge in [0.25, 0.3) is 5.91 Å². The zero-order chi connectivity index (χ0) is 44.7. The number of alkyl carbamates (subject to hydrolysis) is 1. The molecule has 3 aliphatic rings. The van der Waals surface area contributed by atoms with Gasteiger partial charge in [0.2, 0.25) is 11.8 Å². The highest BCUT2D eigenvalue weighted by molar-refractivity contribution is 6.09. The summed E-state index contributed by atoms with van der Waals surface area (Å²) in [7, 11) is 1.25. The summed E-state index contributed by atoms with van der Waals surface area (Å²) < 4.78 is 12.7. The standard InChI is InChI=1S/C50H56N6O8/c1-33(57)51-46(36-11-5-3-6-12-36)48(60)55-21-9-15-40(55)44(58)31-34-17-19-38-39-20-18-35(30-43(39)54(42(38)29-34)24-23-53-25-27-64-28-26-53)32-45(59)41-16-10-22-56(41)49(61)47(52-50(62)63-2)37-13-7-4-8-14-37/h3-8,11-14,17-20,29-30,40-41,46-47H,9-10,15-16,21-28,31-32H2,1-2H3,(H,51,57)(H,52,62)/t40-,41-,46+,47+/m0/s1. The number of hydrogen-bond acceptors (Lipinski definition) is 9. The number of aromatic nitrogens is 1. The molecule has 4 amide bonds. The van der Waals surface area contributed by atoms with Crippen molar-refractivity contribution in [1.82, 2.24) is 29.9 Å². The smallest absolute Gasteiger partial charge is 0.407 e. The molecule has 64 heavy (non-hydrogen) atoms. The first-order chi connectivity index (χ1) is 31.1. The van der Waals surface area contributed by atoms with Crippen LogP contribution in [0.5, 0.6) is 0 Å². The summed E-state index contributed by atoms with van der Waals surface area (Å²) in [6.45, 7) is 6.69. The van der Waals surface area contributed by atoms with E-state index in [4.69, 9.17) is 9.47 Å². The predicted molar refractivity (Wildman–Crippen MR) is 241 cm³/mol. The molecule has 0 unspecified atom stereocenters. The van der Waals surface area contributed by atoms with Crippen LogP contribution in [-0.2, 0) is 52.8 Å². The average Bonchev–Trinajstić information content (AvgIpc) is 4.08. The molecule has 0 saturated carbocycles. The molecule has 334 valence electrons. The number of methoxy groups -OCH3 is 1. The highest BCUT2D eigenvalue weighted by Crippen LogP contribution is 2.33. The molecule has 2 N–H and O–H groups in total. The maximum absolute atomic E-state index is 14.2. The number of rotatable bonds is 15. The van der Waals surface area contributed by atoms with Crippen molar-refractivity contribution < 1.29 is 38.2 Å². The van der Waals surface area contributed by atoms with E-state index in [1.165, 1.54) is 14.0 Å². The van der Waals surface area contributed by atoms with E-state index in [9.17, 15) is 28.8 Å². The van der Waals surface area contributed by atoms with Crippen molar-refractivity contribution in [1.29, 1.82) is 0 Å². The number of nitrogens with one attached hydrogen (secondary N) is 2. The first-order valence-electron chi connectivity index (χ1n) is 22.3. The van der Waals surface area contributed by atoms with E-state index in [2.05, 4.69) is 44.4 Å². The molecule has 0 aliphatic carbocycles. The fourth-order valence-corrected chi connectivity index (χ4v) is 9.66. The summed E-state index contributed by atoms with van der Waals surface area (Å²) >= 11 is 0. The summed E-state index contributed by atoms with van der Waals surface area (Å²) in [6, 6.07) is 27.2. The Balaban J connectivity index is 1.04. The third kappa shape index (κ3) is 9.73. The maximum Gasteiger partial charge on any atom is 0.407 e. The Morgan fingerprint density at radius 2 is 1.12 bits per heavy atom. The van der Waals surface area contributed by atoms with Crippen molar-refractivity contribution in [3.63, 3.8) is 0 Å². The Labute approximate surface area is 372 Å². The molecule has 0 bridgehead atoms. The van der Waals surface area contributed by atoms with Crippen LogP contribution in [0, 0.1) is 0 Å². The molecule has 3 fully saturated rings. The van der Waals surface area contributed by atoms with Gasteiger partial charge < -0.3 is 34.5 Å². The van der Waals surface area contributed by atoms with Gasteiger partial charge in [-0.25, -0.2) is 4.79 Å². The lowest BCUT2D eigenvalue weighted by atomic mass is 9.98. The van der Waals surface area contributed by atoms with E-state index >= 15 is 0 Å². The minimum Gasteiger partial charge on any atom is -0.453 e. The minimum atomic E-state index is -0.998. The zero-order valence-corrected chi connectivity index (χ0v) is 36.5. The van der Waals surface area contributed by atoms with Crippen LogP contribution in [0.1, 0.15) is 66.9 Å². The number of fused-ring (bicyclic) bond motifs is 3. The van der Waals surface area contributed by atoms with Gasteiger partial charge in [0.1, 0.15) is 12.1 Å². The third-order valence-corrected chi connectivity index (χ3v) is 12.9. The van der Waals surface area contributed by atoms with E-state index in [1.807, 2.05) is 48.5 Å². The Kier molecular flexibility index (Phi) is 13.8. The molecule has 5 aromatic rings. The molecule has 8 rings (SSSR count). The van der Waals surface area contributed by atoms with Crippen LogP contribution >= 0.6 is 0 Å². The highest BCUT2D eigenvalue weighted by Gasteiger charge is 2.39. The van der Waals surface area contributed by atoms with E-state index in [1.54, 1.807) is 34.1 Å². The molecular formula is C50H56N6O8. The van der Waals surface area contributed by atoms with Gasteiger partial charge in [-0.3, -0.25) is 28.9 Å². The molecule has 1 aromatic heterocycles. The number of morpholine rings is 1. The van der Waals surface area contributed by atoms with Crippen molar-refractivity contribution in [2.45, 2.75) is 76.2 Å². The minimum absolute atomic E-state index is 0.0489. The second kappa shape index (κ2) is 20.0. The van der Waals surface area contributed by atoms with Crippen LogP contribution in [0.4, 0.5) is 4.79 Å². The summed E-state index contributed by atoms with van der Waals surface area (Å²) in [5.74, 6) is -1.08. The van der Waals surface area contributed by atoms with Gasteiger partial charge in [-0.2, -0.15) is 0 Å². The quantitative estimate of drug-likeness (QED) is 0.142. The highest BCUT2D eigenvalue weighted by atomic mass is 16.5. The van der Waals surface area contributed by atoms with Crippen molar-refractivity contribution in [2.24, 2.45) is 0 Å². The number of likely N-dealkylation sites (tertiary alicyclic amines) is 2. The van der Waals surface area contributed by atoms with Crippen LogP contribution in [0.15, 0.2) is 97.1 Å². The number of benzene rings is 4. The SMILES string of the molecule is COC(=O)N[C@@H](C(=O)N1CCC[C@H]1C(=O)Cc1ccc2c3ccc(CC(=O)[C@@H]4CCCN4C(=O)[C@H](NC(C)=O)c4ccccc4)cc3n(CCN3CCOCC3)c2c1)c1ccccc1. The molecule has 4 atom stereocenters. The van der Waals surface area contributed by atoms with Crippen molar-refractivity contribution in [2.75, 3.05) is 53.0 Å². The molecule has 3 saturated heterocycles. The topological polar surface area (TPSA) is 160 Å². The maximum atomic E-state index is 14.2. The molecule has 4 aromatic carbocycles. The normalized spacial score (nSPS) is 18.8. The number of carbonyl (C=O) groups excluding carboxylic acids is 6. The predicted octanol–water partition coefficient (Wildman–Crippen LogP) is 5.31. The second-order valence-electron chi connectivity index (χ2n) is 17.0. The molecular weight excluding hydrogens is 813 g/mol. The summed E-state index contributed by atoms with van der Waals surface area (Å²) in [5.41, 5.74) is 4.88. The fourth-order valence-electron chi connectivity index (χ4n) is 9.66. The lowest BCUT2D eigenvalue weighted by Gasteiger charge is -2.29. The van der Waals surface area contributed by atoms with Gasteiger partial charge in [-0.15, -0.1) is 0 Å². The summed E-state index contributed by atoms with van der Waals surface area (Å²) in [6.07, 6.45) is 1.98. The van der Waals surface area contributed by atoms with Gasteiger partial charge in [-0.05, 0) is 60.1 Å². The van der Waals surface area contributed by atoms with Crippen LogP contribution in [0.3, 0.4) is 0 Å². The van der Waals surface area contributed by atoms with Crippen LogP contribution < -0.4 is 10.6 Å². The zero-order valence-electron chi connectivity index (χ0n) is 36.5. The number of ether oxygens (including phenoxy) is 2. The second-order valence-corrected chi connectivity index (χ2v) is 17.0. The largest absolute Gasteiger partial charge is 0.453 e. The van der Waals surface area contributed by atoms with E-state index in [0.29, 0.717) is 69.7 Å². The molecule has 3 aliphatic heterocycles. The van der Waals surface area contributed by atoms with Gasteiger partial charge in [0, 0.05) is 80.8 Å². The first-order valence-corrected chi connectivity index (χ1v) is 22.3. The van der Waals surface area contributed by atoms with Crippen LogP contribution in [-0.4, -0.2) is 120 Å². The number of ketones is 2. The number of carbonyl (C=O) groups is 6. The number of amides is 4. The lowest BCUT2D eigenvalue weighted by Crippen LogP contribution is -2.47. The van der Waals surface area contributed by atoms with Crippen molar-refractivity contribution in [3.8, 4) is 0 Å². The number of hydrogen-bond donors (Lipinski definition) is 2. The van der Waals surface area contributed by atoms with Crippen molar-refractivity contribution in [3.05, 3.63) is 119 Å². The van der Waals surface area contributed by atoms with Crippen molar-refractivity contribution >= 4 is 57.2 Å². The van der Waals surface area contributed by atoms with Crippen LogP contribution in [0.25, 0.3) is 21.8 Å². The average molecular weight is 869 g/mol. The molecule has 4 heterocycles. The summed E-state index contributed by atoms with van der Waals surface area (Å²) in [5, 5.41) is 7.53. The first kappa shape index (κ1) is 44.2. The molecule has 14 heteroatoms. The third-order valence-electron chi connectivity index (χ3n) is 12.9. The monoisotopic (exact) mass is 868 g/mol. The lowest BCUT2D eigenvalue weighted by molar-refractivity contribution is -0.140. The Morgan fingerprint density at radius 3 is 1.59 bits per heavy atom. The van der Waals surface area contributed by atoms with E-state index < -0.39 is 30.3 Å². The van der Waals surface area contributed by atoms with Gasteiger partial charge in [0.05, 0.1) is 32.4 Å². The molecule has 0 spiro atoms. The van der Waals surface area contributed by atoms with Gasteiger partial charge >= 0.3 is 6.09 Å². The fraction of sp³-hybridized carbons (Fsp3) is 0.400. The summed E-state index contributed by atoms with van der Waals surface area (Å²) in [4.78, 5) is 86.5.